The van der Waals surface area contributed by atoms with Crippen LogP contribution in [0.2, 0.25) is 0 Å². The first kappa shape index (κ1) is 20.8. The first-order valence-electron chi connectivity index (χ1n) is 10.7. The zero-order chi connectivity index (χ0) is 19.8. The molecule has 0 bridgehead atoms. The van der Waals surface area contributed by atoms with Gasteiger partial charge >= 0.3 is 5.97 Å². The van der Waals surface area contributed by atoms with Crippen molar-refractivity contribution in [1.29, 1.82) is 0 Å². The second-order valence-electron chi connectivity index (χ2n) is 7.65. The fraction of sp³-hybridized carbons (Fsp3) is 0.542. The van der Waals surface area contributed by atoms with E-state index in [1.807, 2.05) is 0 Å². The maximum absolute atomic E-state index is 12.9. The Balaban J connectivity index is 1.65. The van der Waals surface area contributed by atoms with E-state index < -0.39 is 0 Å². The minimum atomic E-state index is -0.152. The molecule has 152 valence electrons. The molecule has 4 nitrogen and oxygen atoms in total. The highest BCUT2D eigenvalue weighted by Gasteiger charge is 2.27. The number of carbonyl (C=O) groups excluding carboxylic acids is 1. The molecular formula is C24H33NO3. The average molecular weight is 384 g/mol. The number of benzene rings is 2. The van der Waals surface area contributed by atoms with E-state index in [1.165, 1.54) is 16.3 Å². The number of ether oxygens (including phenoxy) is 2. The number of hydrogen-bond acceptors (Lipinski definition) is 4. The molecular weight excluding hydrogens is 350 g/mol. The quantitative estimate of drug-likeness (QED) is 0.568. The van der Waals surface area contributed by atoms with Gasteiger partial charge < -0.3 is 14.4 Å². The van der Waals surface area contributed by atoms with Crippen molar-refractivity contribution in [3.63, 3.8) is 0 Å². The molecule has 0 aliphatic carbocycles. The summed E-state index contributed by atoms with van der Waals surface area (Å²) in [7, 11) is 0. The van der Waals surface area contributed by atoms with Gasteiger partial charge in [0.05, 0.1) is 12.0 Å². The Morgan fingerprint density at radius 1 is 1.18 bits per heavy atom. The van der Waals surface area contributed by atoms with E-state index in [-0.39, 0.29) is 18.0 Å². The van der Waals surface area contributed by atoms with Crippen LogP contribution in [0.4, 0.5) is 0 Å². The van der Waals surface area contributed by atoms with Crippen molar-refractivity contribution in [1.82, 2.24) is 4.90 Å². The van der Waals surface area contributed by atoms with Gasteiger partial charge in [0.2, 0.25) is 0 Å². The summed E-state index contributed by atoms with van der Waals surface area (Å²) in [4.78, 5) is 15.1. The van der Waals surface area contributed by atoms with Gasteiger partial charge in [0.25, 0.3) is 0 Å². The predicted octanol–water partition coefficient (Wildman–Crippen LogP) is 4.45. The number of likely N-dealkylation sites (N-methyl/N-ethyl adjacent to an activating group) is 1. The van der Waals surface area contributed by atoms with E-state index in [2.05, 4.69) is 61.2 Å². The van der Waals surface area contributed by atoms with Crippen LogP contribution in [0, 0.1) is 5.92 Å². The molecule has 1 aliphatic rings. The van der Waals surface area contributed by atoms with Crippen molar-refractivity contribution in [3.05, 3.63) is 48.0 Å². The molecule has 1 saturated heterocycles. The topological polar surface area (TPSA) is 38.8 Å². The van der Waals surface area contributed by atoms with Gasteiger partial charge in [0.15, 0.2) is 0 Å². The van der Waals surface area contributed by atoms with Crippen LogP contribution in [-0.2, 0) is 20.7 Å². The van der Waals surface area contributed by atoms with Crippen LogP contribution in [0.15, 0.2) is 42.5 Å². The van der Waals surface area contributed by atoms with Crippen LogP contribution in [0.25, 0.3) is 10.8 Å². The Kier molecular flexibility index (Phi) is 7.87. The number of nitrogens with zero attached hydrogens (tertiary/aromatic N) is 1. The Morgan fingerprint density at radius 3 is 2.68 bits per heavy atom. The molecule has 0 radical (unpaired) electrons. The molecule has 1 aliphatic heterocycles. The van der Waals surface area contributed by atoms with Crippen LogP contribution in [0.5, 0.6) is 0 Å². The van der Waals surface area contributed by atoms with Gasteiger partial charge in [-0.1, -0.05) is 56.3 Å². The first-order chi connectivity index (χ1) is 13.7. The highest BCUT2D eigenvalue weighted by molar-refractivity contribution is 5.83. The van der Waals surface area contributed by atoms with E-state index in [4.69, 9.17) is 9.47 Å². The summed E-state index contributed by atoms with van der Waals surface area (Å²) in [6.45, 7) is 8.28. The Hall–Kier alpha value is -1.91. The number of hydrogen-bond donors (Lipinski definition) is 0. The van der Waals surface area contributed by atoms with E-state index >= 15 is 0 Å². The molecule has 0 spiro atoms. The number of esters is 1. The summed E-state index contributed by atoms with van der Waals surface area (Å²) in [6, 6.07) is 14.8. The third-order valence-corrected chi connectivity index (χ3v) is 5.75. The van der Waals surface area contributed by atoms with E-state index in [0.717, 1.165) is 45.5 Å². The van der Waals surface area contributed by atoms with Gasteiger partial charge in [-0.3, -0.25) is 4.79 Å². The molecule has 2 atom stereocenters. The second kappa shape index (κ2) is 10.6. The van der Waals surface area contributed by atoms with Gasteiger partial charge in [0, 0.05) is 13.2 Å². The van der Waals surface area contributed by atoms with Gasteiger partial charge in [-0.25, -0.2) is 0 Å². The number of fused-ring (bicyclic) bond motifs is 1. The van der Waals surface area contributed by atoms with Crippen LogP contribution in [0.3, 0.4) is 0 Å². The van der Waals surface area contributed by atoms with Crippen molar-refractivity contribution in [2.24, 2.45) is 5.92 Å². The highest BCUT2D eigenvalue weighted by atomic mass is 16.5. The third kappa shape index (κ3) is 5.79. The summed E-state index contributed by atoms with van der Waals surface area (Å²) >= 11 is 0. The lowest BCUT2D eigenvalue weighted by Crippen LogP contribution is -2.30. The largest absolute Gasteiger partial charge is 0.464 e. The Morgan fingerprint density at radius 2 is 1.96 bits per heavy atom. The van der Waals surface area contributed by atoms with Gasteiger partial charge in [0.1, 0.15) is 6.61 Å². The molecule has 1 fully saturated rings. The van der Waals surface area contributed by atoms with Crippen LogP contribution < -0.4 is 0 Å². The predicted molar refractivity (Wildman–Crippen MR) is 113 cm³/mol. The lowest BCUT2D eigenvalue weighted by atomic mass is 9.92. The fourth-order valence-electron chi connectivity index (χ4n) is 3.99. The molecule has 0 aromatic heterocycles. The second-order valence-corrected chi connectivity index (χ2v) is 7.65. The minimum absolute atomic E-state index is 0.0872. The summed E-state index contributed by atoms with van der Waals surface area (Å²) < 4.78 is 11.5. The standard InChI is InChI=1S/C24H33NO3/c1-3-25(4-2)13-15-28-24(26)22(18-23-10-7-14-27-23)17-19-11-12-20-8-5-6-9-21(20)16-19/h5-6,8-9,11-12,16,22-23H,3-4,7,10,13-15,17-18H2,1-2H3. The average Bonchev–Trinajstić information content (AvgIpc) is 3.23. The molecule has 2 unspecified atom stereocenters. The van der Waals surface area contributed by atoms with Crippen molar-refractivity contribution in [2.75, 3.05) is 32.8 Å². The molecule has 1 heterocycles. The molecule has 2 aromatic carbocycles. The number of carbonyl (C=O) groups is 1. The van der Waals surface area contributed by atoms with Crippen molar-refractivity contribution < 1.29 is 14.3 Å². The van der Waals surface area contributed by atoms with Gasteiger partial charge in [-0.2, -0.15) is 0 Å². The monoisotopic (exact) mass is 383 g/mol. The van der Waals surface area contributed by atoms with Crippen molar-refractivity contribution in [3.8, 4) is 0 Å². The van der Waals surface area contributed by atoms with Gasteiger partial charge in [-0.05, 0) is 55.1 Å². The first-order valence-corrected chi connectivity index (χ1v) is 10.7. The normalized spacial score (nSPS) is 17.9. The molecule has 3 rings (SSSR count). The molecule has 0 amide bonds. The fourth-order valence-corrected chi connectivity index (χ4v) is 3.99. The maximum Gasteiger partial charge on any atom is 0.309 e. The molecule has 2 aromatic rings. The van der Waals surface area contributed by atoms with Crippen molar-refractivity contribution in [2.45, 2.75) is 45.6 Å². The Labute approximate surface area is 168 Å². The lowest BCUT2D eigenvalue weighted by molar-refractivity contribution is -0.150. The summed E-state index contributed by atoms with van der Waals surface area (Å²) in [5, 5.41) is 2.44. The van der Waals surface area contributed by atoms with E-state index in [1.54, 1.807) is 0 Å². The highest BCUT2D eigenvalue weighted by Crippen LogP contribution is 2.25. The summed E-state index contributed by atoms with van der Waals surface area (Å²) in [5.41, 5.74) is 1.18. The molecule has 0 saturated carbocycles. The third-order valence-electron chi connectivity index (χ3n) is 5.75. The lowest BCUT2D eigenvalue weighted by Gasteiger charge is -2.21. The SMILES string of the molecule is CCN(CC)CCOC(=O)C(Cc1ccc2ccccc2c1)CC1CCCO1. The minimum Gasteiger partial charge on any atom is -0.464 e. The molecule has 4 heteroatoms. The zero-order valence-electron chi connectivity index (χ0n) is 17.2. The summed E-state index contributed by atoms with van der Waals surface area (Å²) in [6.07, 6.45) is 3.76. The smallest absolute Gasteiger partial charge is 0.309 e. The number of rotatable bonds is 10. The van der Waals surface area contributed by atoms with Crippen LogP contribution in [0.1, 0.15) is 38.7 Å². The maximum atomic E-state index is 12.9. The van der Waals surface area contributed by atoms with Crippen LogP contribution >= 0.6 is 0 Å². The summed E-state index contributed by atoms with van der Waals surface area (Å²) in [5.74, 6) is -0.239. The van der Waals surface area contributed by atoms with Crippen LogP contribution in [-0.4, -0.2) is 49.8 Å². The van der Waals surface area contributed by atoms with Gasteiger partial charge in [-0.15, -0.1) is 0 Å². The van der Waals surface area contributed by atoms with Crippen molar-refractivity contribution >= 4 is 16.7 Å². The molecule has 28 heavy (non-hydrogen) atoms. The van der Waals surface area contributed by atoms with E-state index in [0.29, 0.717) is 13.0 Å². The van der Waals surface area contributed by atoms with E-state index in [9.17, 15) is 4.79 Å². The molecule has 0 N–H and O–H groups in total. The Bertz CT molecular complexity index is 750. The zero-order valence-corrected chi connectivity index (χ0v) is 17.2.